The van der Waals surface area contributed by atoms with Gasteiger partial charge in [-0.25, -0.2) is 0 Å². The summed E-state index contributed by atoms with van der Waals surface area (Å²) in [5.74, 6) is -0.328. The Morgan fingerprint density at radius 2 is 1.77 bits per heavy atom. The van der Waals surface area contributed by atoms with E-state index in [1.165, 1.54) is 4.90 Å². The smallest absolute Gasteiger partial charge is 0.233 e. The molecule has 6 heteroatoms. The Morgan fingerprint density at radius 1 is 1.12 bits per heavy atom. The van der Waals surface area contributed by atoms with E-state index in [9.17, 15) is 14.4 Å². The zero-order chi connectivity index (χ0) is 18.3. The standard InChI is InChI=1S/C20H21ClN2O3/c21-15-4-2-1-3-12(15)7-9-22-16(24)8-10-23-19(25)17-13-5-6-14(11-13)18(17)20(23)26/h1-6,13-14,17-18H,7-11H2,(H,22,24)/t13-,14-,17-,18-/m0/s1. The minimum atomic E-state index is -0.194. The Labute approximate surface area is 157 Å². The number of likely N-dealkylation sites (tertiary alicyclic amines) is 1. The number of benzene rings is 1. The van der Waals surface area contributed by atoms with Crippen molar-refractivity contribution < 1.29 is 14.4 Å². The number of nitrogens with zero attached hydrogens (tertiary/aromatic N) is 1. The molecule has 0 aromatic heterocycles. The van der Waals surface area contributed by atoms with Crippen LogP contribution < -0.4 is 5.32 Å². The lowest BCUT2D eigenvalue weighted by atomic mass is 9.85. The van der Waals surface area contributed by atoms with Crippen LogP contribution in [0.3, 0.4) is 0 Å². The number of imide groups is 1. The third-order valence-corrected chi connectivity index (χ3v) is 6.17. The highest BCUT2D eigenvalue weighted by Crippen LogP contribution is 2.52. The number of allylic oxidation sites excluding steroid dienone is 2. The molecule has 3 aliphatic rings. The Balaban J connectivity index is 1.26. The van der Waals surface area contributed by atoms with Crippen molar-refractivity contribution in [3.05, 3.63) is 47.0 Å². The molecule has 3 amide bonds. The maximum atomic E-state index is 12.6. The summed E-state index contributed by atoms with van der Waals surface area (Å²) < 4.78 is 0. The van der Waals surface area contributed by atoms with Crippen LogP contribution >= 0.6 is 11.6 Å². The van der Waals surface area contributed by atoms with Gasteiger partial charge in [-0.05, 0) is 36.3 Å². The van der Waals surface area contributed by atoms with Crippen molar-refractivity contribution >= 4 is 29.3 Å². The quantitative estimate of drug-likeness (QED) is 0.615. The van der Waals surface area contributed by atoms with Gasteiger partial charge < -0.3 is 5.32 Å². The molecule has 136 valence electrons. The molecule has 26 heavy (non-hydrogen) atoms. The van der Waals surface area contributed by atoms with Gasteiger partial charge >= 0.3 is 0 Å². The van der Waals surface area contributed by atoms with Gasteiger partial charge in [-0.15, -0.1) is 0 Å². The molecule has 1 saturated carbocycles. The van der Waals surface area contributed by atoms with E-state index in [-0.39, 0.29) is 54.4 Å². The molecule has 0 radical (unpaired) electrons. The molecule has 1 aliphatic heterocycles. The largest absolute Gasteiger partial charge is 0.356 e. The van der Waals surface area contributed by atoms with Crippen molar-refractivity contribution in [2.45, 2.75) is 19.3 Å². The second-order valence-electron chi connectivity index (χ2n) is 7.27. The van der Waals surface area contributed by atoms with E-state index in [4.69, 9.17) is 11.6 Å². The predicted molar refractivity (Wildman–Crippen MR) is 97.2 cm³/mol. The molecular formula is C20H21ClN2O3. The lowest BCUT2D eigenvalue weighted by Crippen LogP contribution is -2.37. The van der Waals surface area contributed by atoms with Crippen LogP contribution in [0.5, 0.6) is 0 Å². The minimum Gasteiger partial charge on any atom is -0.356 e. The summed E-state index contributed by atoms with van der Waals surface area (Å²) >= 11 is 6.09. The highest BCUT2D eigenvalue weighted by molar-refractivity contribution is 6.31. The van der Waals surface area contributed by atoms with Gasteiger partial charge in [0, 0.05) is 24.5 Å². The Morgan fingerprint density at radius 3 is 2.42 bits per heavy atom. The zero-order valence-electron chi connectivity index (χ0n) is 14.4. The maximum Gasteiger partial charge on any atom is 0.233 e. The number of halogens is 1. The first kappa shape index (κ1) is 17.3. The summed E-state index contributed by atoms with van der Waals surface area (Å²) in [4.78, 5) is 38.5. The SMILES string of the molecule is O=C(CCN1C(=O)[C@@H]2[C@@H](C1=O)[C@H]1C=C[C@H]2C1)NCCc1ccccc1Cl. The molecule has 5 nitrogen and oxygen atoms in total. The summed E-state index contributed by atoms with van der Waals surface area (Å²) in [6, 6.07) is 7.53. The first-order chi connectivity index (χ1) is 12.6. The topological polar surface area (TPSA) is 66.5 Å². The molecule has 2 fully saturated rings. The first-order valence-corrected chi connectivity index (χ1v) is 9.47. The third-order valence-electron chi connectivity index (χ3n) is 5.80. The molecular weight excluding hydrogens is 352 g/mol. The molecule has 2 aliphatic carbocycles. The van der Waals surface area contributed by atoms with Crippen molar-refractivity contribution in [1.29, 1.82) is 0 Å². The number of carbonyl (C=O) groups is 3. The molecule has 1 heterocycles. The maximum absolute atomic E-state index is 12.6. The van der Waals surface area contributed by atoms with E-state index >= 15 is 0 Å². The van der Waals surface area contributed by atoms with Crippen LogP contribution in [0.4, 0.5) is 0 Å². The second kappa shape index (κ2) is 6.88. The van der Waals surface area contributed by atoms with Crippen molar-refractivity contribution in [2.75, 3.05) is 13.1 Å². The number of nitrogens with one attached hydrogen (secondary N) is 1. The fourth-order valence-electron chi connectivity index (χ4n) is 4.52. The fourth-order valence-corrected chi connectivity index (χ4v) is 4.75. The number of hydrogen-bond donors (Lipinski definition) is 1. The van der Waals surface area contributed by atoms with Crippen molar-refractivity contribution in [1.82, 2.24) is 10.2 Å². The van der Waals surface area contributed by atoms with Gasteiger partial charge in [0.25, 0.3) is 0 Å². The molecule has 0 spiro atoms. The highest BCUT2D eigenvalue weighted by Gasteiger charge is 2.58. The monoisotopic (exact) mass is 372 g/mol. The lowest BCUT2D eigenvalue weighted by molar-refractivity contribution is -0.141. The summed E-state index contributed by atoms with van der Waals surface area (Å²) in [5, 5.41) is 3.52. The average molecular weight is 373 g/mol. The number of carbonyl (C=O) groups excluding carboxylic acids is 3. The molecule has 0 unspecified atom stereocenters. The summed E-state index contributed by atoms with van der Waals surface area (Å²) in [6.07, 6.45) is 5.85. The number of hydrogen-bond acceptors (Lipinski definition) is 3. The molecule has 2 bridgehead atoms. The van der Waals surface area contributed by atoms with Crippen molar-refractivity contribution in [3.8, 4) is 0 Å². The van der Waals surface area contributed by atoms with Crippen LogP contribution in [0.1, 0.15) is 18.4 Å². The number of amides is 3. The van der Waals surface area contributed by atoms with E-state index in [0.29, 0.717) is 18.0 Å². The van der Waals surface area contributed by atoms with Crippen LogP contribution in [0.2, 0.25) is 5.02 Å². The van der Waals surface area contributed by atoms with Gasteiger partial charge in [0.2, 0.25) is 17.7 Å². The normalized spacial score (nSPS) is 28.7. The van der Waals surface area contributed by atoms with Crippen molar-refractivity contribution in [2.24, 2.45) is 23.7 Å². The van der Waals surface area contributed by atoms with Gasteiger partial charge in [0.1, 0.15) is 0 Å². The lowest BCUT2D eigenvalue weighted by Gasteiger charge is -2.17. The summed E-state index contributed by atoms with van der Waals surface area (Å²) in [5.41, 5.74) is 0.982. The minimum absolute atomic E-state index is 0.0966. The van der Waals surface area contributed by atoms with Gasteiger partial charge in [0.15, 0.2) is 0 Å². The van der Waals surface area contributed by atoms with Crippen LogP contribution in [0, 0.1) is 23.7 Å². The Bertz CT molecular complexity index is 761. The van der Waals surface area contributed by atoms with Gasteiger partial charge in [-0.1, -0.05) is 42.0 Å². The van der Waals surface area contributed by atoms with Crippen molar-refractivity contribution in [3.63, 3.8) is 0 Å². The molecule has 4 rings (SSSR count). The first-order valence-electron chi connectivity index (χ1n) is 9.10. The van der Waals surface area contributed by atoms with E-state index < -0.39 is 0 Å². The third kappa shape index (κ3) is 2.94. The highest BCUT2D eigenvalue weighted by atomic mass is 35.5. The van der Waals surface area contributed by atoms with Crippen LogP contribution in [0.15, 0.2) is 36.4 Å². The van der Waals surface area contributed by atoms with E-state index in [1.807, 2.05) is 24.3 Å². The van der Waals surface area contributed by atoms with Crippen LogP contribution in [0.25, 0.3) is 0 Å². The second-order valence-corrected chi connectivity index (χ2v) is 7.68. The van der Waals surface area contributed by atoms with Crippen LogP contribution in [-0.2, 0) is 20.8 Å². The number of rotatable bonds is 6. The average Bonchev–Trinajstić information content (AvgIpc) is 3.30. The number of fused-ring (bicyclic) bond motifs is 5. The fraction of sp³-hybridized carbons (Fsp3) is 0.450. The molecule has 1 saturated heterocycles. The molecule has 1 aromatic carbocycles. The molecule has 1 N–H and O–H groups in total. The predicted octanol–water partition coefficient (Wildman–Crippen LogP) is 2.20. The van der Waals surface area contributed by atoms with E-state index in [2.05, 4.69) is 17.5 Å². The Hall–Kier alpha value is -2.14. The Kier molecular flexibility index (Phi) is 4.57. The summed E-state index contributed by atoms with van der Waals surface area (Å²) in [6.45, 7) is 0.645. The van der Waals surface area contributed by atoms with Gasteiger partial charge in [-0.2, -0.15) is 0 Å². The summed E-state index contributed by atoms with van der Waals surface area (Å²) in [7, 11) is 0. The van der Waals surface area contributed by atoms with Crippen LogP contribution in [-0.4, -0.2) is 35.7 Å². The zero-order valence-corrected chi connectivity index (χ0v) is 15.1. The van der Waals surface area contributed by atoms with E-state index in [1.54, 1.807) is 0 Å². The van der Waals surface area contributed by atoms with Gasteiger partial charge in [0.05, 0.1) is 11.8 Å². The molecule has 4 atom stereocenters. The molecule has 1 aromatic rings. The van der Waals surface area contributed by atoms with E-state index in [0.717, 1.165) is 12.0 Å². The van der Waals surface area contributed by atoms with Gasteiger partial charge in [-0.3, -0.25) is 19.3 Å².